The molecule has 3 aliphatic rings. The molecule has 0 bridgehead atoms. The fourth-order valence-corrected chi connectivity index (χ4v) is 11.9. The van der Waals surface area contributed by atoms with Crippen molar-refractivity contribution in [2.75, 3.05) is 4.90 Å². The van der Waals surface area contributed by atoms with Gasteiger partial charge in [-0.3, -0.25) is 0 Å². The fraction of sp³-hybridized carbons (Fsp3) is 0.0154. The molecule has 0 fully saturated rings. The normalized spacial score (nSPS) is 14.4. The highest BCUT2D eigenvalue weighted by molar-refractivity contribution is 6.21. The second-order valence-electron chi connectivity index (χ2n) is 17.9. The molecule has 0 aromatic heterocycles. The van der Waals surface area contributed by atoms with Gasteiger partial charge in [-0.05, 0) is 148 Å². The first kappa shape index (κ1) is 36.9. The van der Waals surface area contributed by atoms with E-state index in [1.165, 1.54) is 111 Å². The van der Waals surface area contributed by atoms with Crippen molar-refractivity contribution in [3.8, 4) is 77.9 Å². The molecule has 0 N–H and O–H groups in total. The van der Waals surface area contributed by atoms with Crippen molar-refractivity contribution < 1.29 is 0 Å². The second kappa shape index (κ2) is 14.2. The van der Waals surface area contributed by atoms with Crippen LogP contribution in [-0.4, -0.2) is 0 Å². The lowest BCUT2D eigenvalue weighted by Crippen LogP contribution is -2.26. The van der Waals surface area contributed by atoms with Gasteiger partial charge in [0.05, 0.1) is 11.1 Å². The average molecular weight is 836 g/mol. The van der Waals surface area contributed by atoms with Crippen LogP contribution in [0.25, 0.3) is 88.7 Å². The Kier molecular flexibility index (Phi) is 7.97. The summed E-state index contributed by atoms with van der Waals surface area (Å²) in [6, 6.07) is 92.3. The molecule has 3 aliphatic carbocycles. The number of hydrogen-bond donors (Lipinski definition) is 0. The molecule has 1 nitrogen and oxygen atoms in total. The molecule has 0 heterocycles. The molecule has 11 aromatic carbocycles. The van der Waals surface area contributed by atoms with E-state index in [4.69, 9.17) is 0 Å². The zero-order valence-electron chi connectivity index (χ0n) is 36.1. The van der Waals surface area contributed by atoms with Gasteiger partial charge in [-0.1, -0.05) is 206 Å². The minimum Gasteiger partial charge on any atom is -0.310 e. The fourth-order valence-electron chi connectivity index (χ4n) is 11.9. The molecule has 1 spiro atoms. The predicted octanol–water partition coefficient (Wildman–Crippen LogP) is 17.3. The summed E-state index contributed by atoms with van der Waals surface area (Å²) in [7, 11) is 0. The third kappa shape index (κ3) is 5.17. The Bertz CT molecular complexity index is 3730. The van der Waals surface area contributed by atoms with Gasteiger partial charge in [0.2, 0.25) is 0 Å². The van der Waals surface area contributed by atoms with Crippen molar-refractivity contribution in [1.29, 1.82) is 0 Å². The lowest BCUT2D eigenvalue weighted by Gasteiger charge is -2.31. The molecule has 0 radical (unpaired) electrons. The number of rotatable bonds is 6. The largest absolute Gasteiger partial charge is 0.310 e. The van der Waals surface area contributed by atoms with Crippen molar-refractivity contribution in [3.05, 3.63) is 271 Å². The summed E-state index contributed by atoms with van der Waals surface area (Å²) in [5, 5.41) is 2.71. The lowest BCUT2D eigenvalue weighted by atomic mass is 9.69. The number of anilines is 3. The molecule has 0 saturated heterocycles. The third-order valence-corrected chi connectivity index (χ3v) is 14.6. The van der Waals surface area contributed by atoms with Crippen LogP contribution < -0.4 is 4.90 Å². The van der Waals surface area contributed by atoms with Crippen LogP contribution in [0.5, 0.6) is 0 Å². The number of hydrogen-bond acceptors (Lipinski definition) is 1. The molecular weight excluding hydrogens is 795 g/mol. The summed E-state index contributed by atoms with van der Waals surface area (Å²) in [4.78, 5) is 2.40. The van der Waals surface area contributed by atoms with Gasteiger partial charge in [0.25, 0.3) is 0 Å². The van der Waals surface area contributed by atoms with Crippen molar-refractivity contribution in [2.45, 2.75) is 5.41 Å². The summed E-state index contributed by atoms with van der Waals surface area (Å²) in [5.74, 6) is 0. The predicted molar refractivity (Wildman–Crippen MR) is 276 cm³/mol. The molecule has 1 heteroatoms. The lowest BCUT2D eigenvalue weighted by molar-refractivity contribution is 0.795. The van der Waals surface area contributed by atoms with Crippen molar-refractivity contribution in [2.24, 2.45) is 0 Å². The van der Waals surface area contributed by atoms with Crippen molar-refractivity contribution in [1.82, 2.24) is 0 Å². The minimum atomic E-state index is -0.476. The third-order valence-electron chi connectivity index (χ3n) is 14.6. The highest BCUT2D eigenvalue weighted by Crippen LogP contribution is 2.66. The zero-order chi connectivity index (χ0) is 43.3. The van der Waals surface area contributed by atoms with E-state index >= 15 is 0 Å². The Morgan fingerprint density at radius 1 is 0.258 bits per heavy atom. The Balaban J connectivity index is 0.937. The summed E-state index contributed by atoms with van der Waals surface area (Å²) < 4.78 is 0. The molecule has 14 rings (SSSR count). The van der Waals surface area contributed by atoms with Crippen LogP contribution in [0, 0.1) is 0 Å². The minimum absolute atomic E-state index is 0.476. The maximum atomic E-state index is 2.56. The Morgan fingerprint density at radius 3 is 1.44 bits per heavy atom. The van der Waals surface area contributed by atoms with Crippen LogP contribution in [-0.2, 0) is 5.41 Å². The van der Waals surface area contributed by atoms with Crippen molar-refractivity contribution in [3.63, 3.8) is 0 Å². The molecule has 0 aliphatic heterocycles. The van der Waals surface area contributed by atoms with E-state index < -0.39 is 5.41 Å². The first-order chi connectivity index (χ1) is 32.8. The highest BCUT2D eigenvalue weighted by atomic mass is 15.1. The van der Waals surface area contributed by atoms with Crippen LogP contribution in [0.2, 0.25) is 0 Å². The van der Waals surface area contributed by atoms with Crippen LogP contribution in [0.4, 0.5) is 17.1 Å². The molecule has 1 atom stereocenters. The average Bonchev–Trinajstić information content (AvgIpc) is 4.00. The van der Waals surface area contributed by atoms with E-state index in [1.807, 2.05) is 0 Å². The van der Waals surface area contributed by atoms with Gasteiger partial charge >= 0.3 is 0 Å². The zero-order valence-corrected chi connectivity index (χ0v) is 36.1. The van der Waals surface area contributed by atoms with Crippen molar-refractivity contribution >= 4 is 27.8 Å². The van der Waals surface area contributed by atoms with Gasteiger partial charge in [-0.2, -0.15) is 0 Å². The quantitative estimate of drug-likeness (QED) is 0.161. The smallest absolute Gasteiger partial charge is 0.0726 e. The van der Waals surface area contributed by atoms with E-state index in [0.717, 1.165) is 17.1 Å². The highest BCUT2D eigenvalue weighted by Gasteiger charge is 2.52. The summed E-state index contributed by atoms with van der Waals surface area (Å²) in [6.45, 7) is 0. The van der Waals surface area contributed by atoms with E-state index in [0.29, 0.717) is 0 Å². The Labute approximate surface area is 385 Å². The van der Waals surface area contributed by atoms with Gasteiger partial charge in [-0.25, -0.2) is 0 Å². The summed E-state index contributed by atoms with van der Waals surface area (Å²) in [5.41, 5.74) is 26.1. The van der Waals surface area contributed by atoms with Crippen LogP contribution in [0.3, 0.4) is 0 Å². The Hall–Kier alpha value is -8.52. The number of benzene rings is 11. The van der Waals surface area contributed by atoms with E-state index in [1.54, 1.807) is 0 Å². The van der Waals surface area contributed by atoms with Gasteiger partial charge in [-0.15, -0.1) is 0 Å². The maximum Gasteiger partial charge on any atom is 0.0726 e. The van der Waals surface area contributed by atoms with Gasteiger partial charge in [0.1, 0.15) is 0 Å². The summed E-state index contributed by atoms with van der Waals surface area (Å²) >= 11 is 0. The molecule has 0 saturated carbocycles. The number of para-hydroxylation sites is 1. The molecule has 66 heavy (non-hydrogen) atoms. The van der Waals surface area contributed by atoms with Crippen LogP contribution in [0.15, 0.2) is 249 Å². The molecule has 11 aromatic rings. The van der Waals surface area contributed by atoms with E-state index in [-0.39, 0.29) is 0 Å². The van der Waals surface area contributed by atoms with Gasteiger partial charge in [0, 0.05) is 16.9 Å². The number of fused-ring (bicyclic) bond motifs is 14. The van der Waals surface area contributed by atoms with Gasteiger partial charge in [0.15, 0.2) is 0 Å². The second-order valence-corrected chi connectivity index (χ2v) is 17.9. The molecule has 1 unspecified atom stereocenters. The maximum absolute atomic E-state index is 2.56. The van der Waals surface area contributed by atoms with Crippen LogP contribution in [0.1, 0.15) is 22.3 Å². The monoisotopic (exact) mass is 835 g/mol. The number of nitrogens with zero attached hydrogens (tertiary/aromatic N) is 1. The van der Waals surface area contributed by atoms with Gasteiger partial charge < -0.3 is 4.90 Å². The standard InChI is InChI=1S/C65H41N/c1-3-16-42(17-4-1)43-30-35-47(36-31-43)66(62-29-14-11-20-49(62)45-18-5-2-6-19-45)48-37-32-44(33-38-48)46-34-39-53-52-23-9-12-27-58(52)65(60(53)40-46)59-28-13-10-24-55(59)64-56-26-15-25-54-50-21-7-8-22-51(50)57(63(54)56)41-61(64)65/h1-41H. The van der Waals surface area contributed by atoms with Crippen LogP contribution >= 0.6 is 0 Å². The Morgan fingerprint density at radius 2 is 0.742 bits per heavy atom. The van der Waals surface area contributed by atoms with E-state index in [2.05, 4.69) is 254 Å². The molecule has 306 valence electrons. The first-order valence-electron chi connectivity index (χ1n) is 23.0. The topological polar surface area (TPSA) is 3.24 Å². The molecule has 0 amide bonds. The SMILES string of the molecule is c1ccc(-c2ccc(N(c3ccc(-c4ccc5c(c4)C4(c6ccccc6-5)c5ccccc5-c5c4cc4c6c(cccc56)-c5ccccc5-4)cc3)c3ccccc3-c3ccccc3)cc2)cc1. The first-order valence-corrected chi connectivity index (χ1v) is 23.0. The summed E-state index contributed by atoms with van der Waals surface area (Å²) in [6.07, 6.45) is 0. The van der Waals surface area contributed by atoms with E-state index in [9.17, 15) is 0 Å². The molecular formula is C65H41N.